The van der Waals surface area contributed by atoms with E-state index in [-0.39, 0.29) is 37.7 Å². The lowest BCUT2D eigenvalue weighted by Crippen LogP contribution is -2.53. The highest BCUT2D eigenvalue weighted by Crippen LogP contribution is 2.43. The summed E-state index contributed by atoms with van der Waals surface area (Å²) in [6.45, 7) is 13.6. The third-order valence-electron chi connectivity index (χ3n) is 9.79. The standard InChI is InChI=1S/C20H30INO3S.C20H29NO2S/c1-20(2,3)26(24)22(13-14-7-5-4-6-8-14)18(15-9-10-15)17-12-11-16(21)19(23)25-17;1-20(2,3)24(22)21(15-16-9-5-4-6-10-16)19(17-12-13-17)18-11-7-8-14-23-18/h4-8,15-19,23H,9-13H2,1-3H3;4-6,8-10,14,17-19H,7,11-13,15H2,1-3H3/t16?,17-,18-,19?,26-;18-,19-,24-/m00/s1. The third-order valence-corrected chi connectivity index (χ3v) is 14.7. The average Bonchev–Trinajstić information content (AvgIpc) is 4.02. The van der Waals surface area contributed by atoms with Crippen LogP contribution in [-0.2, 0) is 44.5 Å². The van der Waals surface area contributed by atoms with Crippen LogP contribution in [0.25, 0.3) is 0 Å². The van der Waals surface area contributed by atoms with Gasteiger partial charge in [-0.25, -0.2) is 17.0 Å². The zero-order chi connectivity index (χ0) is 36.1. The van der Waals surface area contributed by atoms with E-state index in [4.69, 9.17) is 9.47 Å². The second-order valence-corrected chi connectivity index (χ2v) is 22.3. The van der Waals surface area contributed by atoms with E-state index in [9.17, 15) is 13.5 Å². The first kappa shape index (κ1) is 40.0. The van der Waals surface area contributed by atoms with Crippen molar-refractivity contribution in [2.45, 2.75) is 150 Å². The van der Waals surface area contributed by atoms with E-state index in [1.54, 1.807) is 0 Å². The van der Waals surface area contributed by atoms with Crippen molar-refractivity contribution >= 4 is 44.6 Å². The molecule has 0 amide bonds. The fourth-order valence-corrected chi connectivity index (χ4v) is 10.5. The third kappa shape index (κ3) is 11.2. The quantitative estimate of drug-likeness (QED) is 0.172. The predicted octanol–water partition coefficient (Wildman–Crippen LogP) is 8.45. The van der Waals surface area contributed by atoms with Crippen molar-refractivity contribution in [3.05, 3.63) is 84.1 Å². The molecule has 2 aliphatic carbocycles. The van der Waals surface area contributed by atoms with Gasteiger partial charge in [0.15, 0.2) is 6.29 Å². The van der Waals surface area contributed by atoms with Gasteiger partial charge in [0.2, 0.25) is 0 Å². The molecule has 2 aromatic rings. The monoisotopic (exact) mass is 838 g/mol. The lowest BCUT2D eigenvalue weighted by atomic mass is 9.97. The summed E-state index contributed by atoms with van der Waals surface area (Å²) in [6, 6.07) is 21.0. The van der Waals surface area contributed by atoms with Gasteiger partial charge in [0.1, 0.15) is 28.1 Å². The topological polar surface area (TPSA) is 79.3 Å². The number of hydrogen-bond donors (Lipinski definition) is 1. The summed E-state index contributed by atoms with van der Waals surface area (Å²) >= 11 is 2.26. The predicted molar refractivity (Wildman–Crippen MR) is 214 cm³/mol. The van der Waals surface area contributed by atoms with E-state index in [1.807, 2.05) is 51.3 Å². The molecule has 0 aromatic heterocycles. The van der Waals surface area contributed by atoms with E-state index in [0.29, 0.717) is 18.4 Å². The van der Waals surface area contributed by atoms with Crippen molar-refractivity contribution in [3.63, 3.8) is 0 Å². The molecule has 6 rings (SSSR count). The fraction of sp³-hybridized carbons (Fsp3) is 0.650. The SMILES string of the molecule is CC(C)(C)[S@](=O)N(Cc1ccccc1)[C@@H](C1CC1)[C@@H]1CCC(I)C(O)O1.CC(C)(C)[S@](=O)N(Cc1ccccc1)[C@@H](C1CC1)[C@@H]1CCC=CO1. The normalized spacial score (nSPS) is 26.8. The summed E-state index contributed by atoms with van der Waals surface area (Å²) < 4.78 is 42.7. The largest absolute Gasteiger partial charge is 0.497 e. The van der Waals surface area contributed by atoms with Gasteiger partial charge in [0.05, 0.1) is 37.9 Å². The highest BCUT2D eigenvalue weighted by Gasteiger charge is 2.47. The molecule has 278 valence electrons. The van der Waals surface area contributed by atoms with E-state index in [2.05, 4.69) is 94.4 Å². The summed E-state index contributed by atoms with van der Waals surface area (Å²) in [4.78, 5) is 0. The number of nitrogens with zero attached hydrogens (tertiary/aromatic N) is 2. The van der Waals surface area contributed by atoms with Crippen LogP contribution in [0.4, 0.5) is 0 Å². The van der Waals surface area contributed by atoms with Gasteiger partial charge >= 0.3 is 0 Å². The number of aliphatic hydroxyl groups excluding tert-OH is 1. The van der Waals surface area contributed by atoms with Crippen molar-refractivity contribution in [2.24, 2.45) is 11.8 Å². The molecule has 3 fully saturated rings. The summed E-state index contributed by atoms with van der Waals surface area (Å²) in [5.41, 5.74) is 2.38. The number of rotatable bonds is 12. The van der Waals surface area contributed by atoms with E-state index in [1.165, 1.54) is 24.0 Å². The van der Waals surface area contributed by atoms with Gasteiger partial charge in [-0.15, -0.1) is 0 Å². The van der Waals surface area contributed by atoms with Gasteiger partial charge in [0.25, 0.3) is 0 Å². The molecular formula is C40H59IN2O5S2. The Bertz CT molecular complexity index is 1420. The van der Waals surface area contributed by atoms with Crippen molar-refractivity contribution in [1.82, 2.24) is 8.61 Å². The molecule has 7 nitrogen and oxygen atoms in total. The Morgan fingerprint density at radius 3 is 1.56 bits per heavy atom. The van der Waals surface area contributed by atoms with Crippen LogP contribution in [0.15, 0.2) is 73.0 Å². The van der Waals surface area contributed by atoms with Crippen LogP contribution >= 0.6 is 22.6 Å². The Morgan fingerprint density at radius 1 is 0.720 bits per heavy atom. The number of hydrogen-bond acceptors (Lipinski definition) is 5. The Balaban J connectivity index is 0.000000195. The highest BCUT2D eigenvalue weighted by atomic mass is 127. The molecule has 4 aliphatic rings. The van der Waals surface area contributed by atoms with Crippen molar-refractivity contribution in [3.8, 4) is 0 Å². The van der Waals surface area contributed by atoms with Crippen LogP contribution in [0.1, 0.15) is 104 Å². The molecule has 10 heteroatoms. The minimum absolute atomic E-state index is 0.0569. The molecule has 2 heterocycles. The van der Waals surface area contributed by atoms with Gasteiger partial charge in [0, 0.05) is 13.1 Å². The van der Waals surface area contributed by atoms with Gasteiger partial charge < -0.3 is 14.6 Å². The minimum atomic E-state index is -1.14. The fourth-order valence-electron chi connectivity index (χ4n) is 6.96. The van der Waals surface area contributed by atoms with Crippen LogP contribution in [0.5, 0.6) is 0 Å². The highest BCUT2D eigenvalue weighted by molar-refractivity contribution is 14.1. The summed E-state index contributed by atoms with van der Waals surface area (Å²) in [6.07, 6.45) is 12.0. The first-order valence-electron chi connectivity index (χ1n) is 18.5. The molecule has 2 saturated carbocycles. The molecule has 2 unspecified atom stereocenters. The molecule has 0 spiro atoms. The average molecular weight is 839 g/mol. The van der Waals surface area contributed by atoms with Crippen LogP contribution in [0.2, 0.25) is 0 Å². The Hall–Kier alpha value is -1.15. The van der Waals surface area contributed by atoms with E-state index >= 15 is 0 Å². The van der Waals surface area contributed by atoms with Crippen molar-refractivity contribution in [2.75, 3.05) is 0 Å². The summed E-state index contributed by atoms with van der Waals surface area (Å²) in [7, 11) is -2.20. The summed E-state index contributed by atoms with van der Waals surface area (Å²) in [5, 5.41) is 10.2. The van der Waals surface area contributed by atoms with Crippen LogP contribution in [0, 0.1) is 11.8 Å². The van der Waals surface area contributed by atoms with Crippen LogP contribution < -0.4 is 0 Å². The maximum Gasteiger partial charge on any atom is 0.166 e. The number of allylic oxidation sites excluding steroid dienone is 1. The lowest BCUT2D eigenvalue weighted by Gasteiger charge is -2.42. The number of aliphatic hydroxyl groups is 1. The van der Waals surface area contributed by atoms with Crippen molar-refractivity contribution < 1.29 is 23.0 Å². The molecule has 50 heavy (non-hydrogen) atoms. The Labute approximate surface area is 320 Å². The van der Waals surface area contributed by atoms with Gasteiger partial charge in [-0.05, 0) is 122 Å². The number of alkyl halides is 1. The lowest BCUT2D eigenvalue weighted by molar-refractivity contribution is -0.171. The molecule has 1 N–H and O–H groups in total. The van der Waals surface area contributed by atoms with Crippen LogP contribution in [0.3, 0.4) is 0 Å². The molecular weight excluding hydrogens is 779 g/mol. The molecule has 8 atom stereocenters. The van der Waals surface area contributed by atoms with Crippen molar-refractivity contribution in [1.29, 1.82) is 0 Å². The van der Waals surface area contributed by atoms with Gasteiger partial charge in [-0.1, -0.05) is 83.3 Å². The van der Waals surface area contributed by atoms with Crippen LogP contribution in [-0.4, -0.2) is 66.1 Å². The maximum atomic E-state index is 13.4. The molecule has 1 saturated heterocycles. The Morgan fingerprint density at radius 2 is 1.18 bits per heavy atom. The van der Waals surface area contributed by atoms with Gasteiger partial charge in [-0.2, -0.15) is 0 Å². The zero-order valence-electron chi connectivity index (χ0n) is 30.8. The smallest absolute Gasteiger partial charge is 0.166 e. The first-order valence-corrected chi connectivity index (χ1v) is 21.9. The first-order chi connectivity index (χ1) is 23.7. The number of ether oxygens (including phenoxy) is 2. The molecule has 0 bridgehead atoms. The molecule has 0 radical (unpaired) electrons. The number of halogens is 1. The molecule has 2 aromatic carbocycles. The Kier molecular flexibility index (Phi) is 14.2. The molecule has 2 aliphatic heterocycles. The van der Waals surface area contributed by atoms with E-state index < -0.39 is 28.3 Å². The van der Waals surface area contributed by atoms with E-state index in [0.717, 1.165) is 45.1 Å². The zero-order valence-corrected chi connectivity index (χ0v) is 34.6. The van der Waals surface area contributed by atoms with Gasteiger partial charge in [-0.3, -0.25) is 0 Å². The second kappa shape index (κ2) is 17.8. The summed E-state index contributed by atoms with van der Waals surface area (Å²) in [5.74, 6) is 1.12. The maximum absolute atomic E-state index is 13.4. The second-order valence-electron chi connectivity index (χ2n) is 16.3. The minimum Gasteiger partial charge on any atom is -0.497 e. The number of benzene rings is 2.